The van der Waals surface area contributed by atoms with Crippen LogP contribution in [0.4, 0.5) is 0 Å². The van der Waals surface area contributed by atoms with Crippen LogP contribution in [0.25, 0.3) is 40.2 Å². The molecule has 1 heterocycles. The maximum Gasteiger partial charge on any atom is 0.143 e. The molecule has 0 unspecified atom stereocenters. The van der Waals surface area contributed by atoms with Gasteiger partial charge in [-0.25, -0.2) is 0 Å². The standard InChI is InChI=1S/C27H26O/c1-7-12-21-17(5)25-22-13-10-11-14-24(22)28-27(25)26(18(21)6)23-15-19(8-2)20(9-3)16(23)4/h7-8,10-14H,2,4,6,9,15H2,1,3,5H3/b12-7-,26-23+. The molecule has 140 valence electrons. The van der Waals surface area contributed by atoms with Gasteiger partial charge in [0.1, 0.15) is 11.2 Å². The lowest BCUT2D eigenvalue weighted by Crippen LogP contribution is -2.30. The van der Waals surface area contributed by atoms with Gasteiger partial charge in [0.2, 0.25) is 0 Å². The second-order valence-electron chi connectivity index (χ2n) is 7.39. The molecule has 0 N–H and O–H groups in total. The van der Waals surface area contributed by atoms with Crippen LogP contribution in [0.5, 0.6) is 0 Å². The van der Waals surface area contributed by atoms with Crippen molar-refractivity contribution in [2.45, 2.75) is 33.6 Å². The van der Waals surface area contributed by atoms with E-state index in [4.69, 9.17) is 4.42 Å². The molecule has 1 aliphatic rings. The number of fused-ring (bicyclic) bond motifs is 3. The van der Waals surface area contributed by atoms with E-state index in [0.717, 1.165) is 45.4 Å². The Bertz CT molecular complexity index is 1320. The predicted octanol–water partition coefficient (Wildman–Crippen LogP) is 6.34. The van der Waals surface area contributed by atoms with E-state index in [1.165, 1.54) is 33.2 Å². The number of benzene rings is 2. The molecular weight excluding hydrogens is 340 g/mol. The molecule has 0 spiro atoms. The van der Waals surface area contributed by atoms with E-state index in [1.807, 2.05) is 25.1 Å². The zero-order chi connectivity index (χ0) is 20.0. The van der Waals surface area contributed by atoms with Gasteiger partial charge in [-0.2, -0.15) is 0 Å². The Morgan fingerprint density at radius 3 is 2.57 bits per heavy atom. The van der Waals surface area contributed by atoms with Gasteiger partial charge in [-0.05, 0) is 71.4 Å². The molecule has 0 fully saturated rings. The Morgan fingerprint density at radius 1 is 1.18 bits per heavy atom. The lowest BCUT2D eigenvalue weighted by molar-refractivity contribution is 0.665. The molecule has 0 saturated carbocycles. The van der Waals surface area contributed by atoms with Crippen LogP contribution >= 0.6 is 0 Å². The molecule has 1 nitrogen and oxygen atoms in total. The van der Waals surface area contributed by atoms with E-state index in [0.29, 0.717) is 0 Å². The summed E-state index contributed by atoms with van der Waals surface area (Å²) in [5.74, 6) is 0. The van der Waals surface area contributed by atoms with Gasteiger partial charge in [0, 0.05) is 16.0 Å². The zero-order valence-corrected chi connectivity index (χ0v) is 17.0. The second kappa shape index (κ2) is 6.83. The van der Waals surface area contributed by atoms with Gasteiger partial charge in [0.05, 0.1) is 0 Å². The summed E-state index contributed by atoms with van der Waals surface area (Å²) in [6.45, 7) is 19.3. The summed E-state index contributed by atoms with van der Waals surface area (Å²) in [5, 5.41) is 4.44. The van der Waals surface area contributed by atoms with Crippen LogP contribution in [0.2, 0.25) is 0 Å². The summed E-state index contributed by atoms with van der Waals surface area (Å²) in [7, 11) is 0. The highest BCUT2D eigenvalue weighted by Gasteiger charge is 2.23. The zero-order valence-electron chi connectivity index (χ0n) is 17.0. The van der Waals surface area contributed by atoms with Crippen molar-refractivity contribution in [2.75, 3.05) is 0 Å². The van der Waals surface area contributed by atoms with Crippen LogP contribution < -0.4 is 10.4 Å². The molecule has 28 heavy (non-hydrogen) atoms. The molecule has 0 amide bonds. The molecule has 1 aliphatic carbocycles. The normalized spacial score (nSPS) is 16.9. The van der Waals surface area contributed by atoms with Crippen molar-refractivity contribution in [3.8, 4) is 0 Å². The Kier molecular flexibility index (Phi) is 4.47. The number of furan rings is 1. The van der Waals surface area contributed by atoms with E-state index < -0.39 is 0 Å². The van der Waals surface area contributed by atoms with Crippen molar-refractivity contribution in [2.24, 2.45) is 0 Å². The molecule has 0 atom stereocenters. The molecule has 1 heteroatoms. The highest BCUT2D eigenvalue weighted by Crippen LogP contribution is 2.39. The fourth-order valence-corrected chi connectivity index (χ4v) is 4.59. The van der Waals surface area contributed by atoms with Crippen LogP contribution in [-0.2, 0) is 0 Å². The smallest absolute Gasteiger partial charge is 0.143 e. The molecule has 1 aromatic heterocycles. The minimum absolute atomic E-state index is 0.832. The van der Waals surface area contributed by atoms with Crippen molar-refractivity contribution < 1.29 is 4.42 Å². The average Bonchev–Trinajstić information content (AvgIpc) is 3.23. The maximum absolute atomic E-state index is 6.41. The van der Waals surface area contributed by atoms with Gasteiger partial charge in [-0.15, -0.1) is 0 Å². The first-order valence-electron chi connectivity index (χ1n) is 9.86. The van der Waals surface area contributed by atoms with Gasteiger partial charge in [-0.1, -0.05) is 63.1 Å². The molecule has 2 aromatic carbocycles. The summed E-state index contributed by atoms with van der Waals surface area (Å²) < 4.78 is 6.41. The van der Waals surface area contributed by atoms with Crippen molar-refractivity contribution in [3.63, 3.8) is 0 Å². The third kappa shape index (κ3) is 2.46. The first kappa shape index (κ1) is 18.3. The quantitative estimate of drug-likeness (QED) is 0.527. The van der Waals surface area contributed by atoms with E-state index in [-0.39, 0.29) is 0 Å². The summed E-state index contributed by atoms with van der Waals surface area (Å²) in [6.07, 6.45) is 7.99. The van der Waals surface area contributed by atoms with E-state index in [9.17, 15) is 0 Å². The molecule has 0 radical (unpaired) electrons. The lowest BCUT2D eigenvalue weighted by Gasteiger charge is -2.09. The number of aryl methyl sites for hydroxylation is 1. The Morgan fingerprint density at radius 2 is 1.93 bits per heavy atom. The highest BCUT2D eigenvalue weighted by atomic mass is 16.3. The maximum atomic E-state index is 6.41. The second-order valence-corrected chi connectivity index (χ2v) is 7.39. The molecule has 0 bridgehead atoms. The molecule has 0 saturated heterocycles. The van der Waals surface area contributed by atoms with Gasteiger partial charge in [0.15, 0.2) is 0 Å². The Balaban J connectivity index is 2.26. The summed E-state index contributed by atoms with van der Waals surface area (Å²) in [5.41, 5.74) is 9.09. The minimum Gasteiger partial charge on any atom is -0.455 e. The van der Waals surface area contributed by atoms with Crippen molar-refractivity contribution in [3.05, 3.63) is 87.9 Å². The van der Waals surface area contributed by atoms with Crippen LogP contribution in [0.3, 0.4) is 0 Å². The van der Waals surface area contributed by atoms with Crippen LogP contribution in [-0.4, -0.2) is 0 Å². The number of hydrogen-bond donors (Lipinski definition) is 0. The number of hydrogen-bond acceptors (Lipinski definition) is 1. The van der Waals surface area contributed by atoms with E-state index in [1.54, 1.807) is 0 Å². The van der Waals surface area contributed by atoms with Crippen molar-refractivity contribution in [1.29, 1.82) is 0 Å². The average molecular weight is 367 g/mol. The SMILES string of the molecule is C=CC1=C(CC)C(=C)/C(=c2\c(=C)c(/C=C\C)c(C)c3c2oc2ccccc23)C1. The highest BCUT2D eigenvalue weighted by molar-refractivity contribution is 6.08. The van der Waals surface area contributed by atoms with E-state index in [2.05, 4.69) is 57.9 Å². The predicted molar refractivity (Wildman–Crippen MR) is 123 cm³/mol. The first-order valence-corrected chi connectivity index (χ1v) is 9.86. The summed E-state index contributed by atoms with van der Waals surface area (Å²) in [4.78, 5) is 0. The summed E-state index contributed by atoms with van der Waals surface area (Å²) >= 11 is 0. The topological polar surface area (TPSA) is 13.1 Å². The number of para-hydroxylation sites is 1. The van der Waals surface area contributed by atoms with Gasteiger partial charge in [0.25, 0.3) is 0 Å². The third-order valence-corrected chi connectivity index (χ3v) is 5.95. The summed E-state index contributed by atoms with van der Waals surface area (Å²) in [6, 6.07) is 8.26. The number of rotatable bonds is 3. The van der Waals surface area contributed by atoms with Gasteiger partial charge in [-0.3, -0.25) is 0 Å². The molecule has 4 rings (SSSR count). The molecular formula is C27H26O. The van der Waals surface area contributed by atoms with Crippen molar-refractivity contribution in [1.82, 2.24) is 0 Å². The van der Waals surface area contributed by atoms with Crippen LogP contribution in [0.1, 0.15) is 37.8 Å². The fraction of sp³-hybridized carbons (Fsp3) is 0.185. The Labute approximate surface area is 166 Å². The van der Waals surface area contributed by atoms with Crippen LogP contribution in [0, 0.1) is 6.92 Å². The fourth-order valence-electron chi connectivity index (χ4n) is 4.59. The van der Waals surface area contributed by atoms with E-state index >= 15 is 0 Å². The first-order chi connectivity index (χ1) is 13.5. The molecule has 0 aliphatic heterocycles. The monoisotopic (exact) mass is 366 g/mol. The molecule has 3 aromatic rings. The van der Waals surface area contributed by atoms with Gasteiger partial charge >= 0.3 is 0 Å². The minimum atomic E-state index is 0.832. The largest absolute Gasteiger partial charge is 0.455 e. The van der Waals surface area contributed by atoms with Gasteiger partial charge < -0.3 is 4.42 Å². The Hall–Kier alpha value is -3.06. The van der Waals surface area contributed by atoms with Crippen molar-refractivity contribution >= 4 is 40.2 Å². The van der Waals surface area contributed by atoms with Crippen LogP contribution in [0.15, 0.2) is 70.7 Å². The lowest BCUT2D eigenvalue weighted by atomic mass is 9.93. The third-order valence-electron chi connectivity index (χ3n) is 5.95. The number of allylic oxidation sites excluding steroid dienone is 5.